The SMILES string of the molecule is CCOCC(=O)NC[C@@H](O)c1ccc2c(c1)CCN2C. The zero-order valence-electron chi connectivity index (χ0n) is 12.1. The summed E-state index contributed by atoms with van der Waals surface area (Å²) in [7, 11) is 2.07. The van der Waals surface area contributed by atoms with E-state index in [2.05, 4.69) is 17.3 Å². The summed E-state index contributed by atoms with van der Waals surface area (Å²) >= 11 is 0. The second kappa shape index (κ2) is 6.72. The molecule has 1 aliphatic heterocycles. The number of carbonyl (C=O) groups is 1. The highest BCUT2D eigenvalue weighted by atomic mass is 16.5. The Labute approximate surface area is 119 Å². The van der Waals surface area contributed by atoms with Gasteiger partial charge in [0.05, 0.1) is 6.10 Å². The van der Waals surface area contributed by atoms with Crippen molar-refractivity contribution in [1.82, 2.24) is 5.32 Å². The van der Waals surface area contributed by atoms with E-state index in [-0.39, 0.29) is 19.1 Å². The Morgan fingerprint density at radius 1 is 1.55 bits per heavy atom. The van der Waals surface area contributed by atoms with E-state index in [0.717, 1.165) is 18.5 Å². The van der Waals surface area contributed by atoms with Crippen LogP contribution in [0.15, 0.2) is 18.2 Å². The van der Waals surface area contributed by atoms with E-state index in [1.54, 1.807) is 0 Å². The molecule has 1 aliphatic rings. The third-order valence-corrected chi connectivity index (χ3v) is 3.55. The smallest absolute Gasteiger partial charge is 0.246 e. The monoisotopic (exact) mass is 278 g/mol. The first kappa shape index (κ1) is 14.8. The van der Waals surface area contributed by atoms with Gasteiger partial charge in [-0.05, 0) is 30.5 Å². The van der Waals surface area contributed by atoms with Gasteiger partial charge in [0, 0.05) is 32.4 Å². The number of nitrogens with one attached hydrogen (secondary N) is 1. The number of amides is 1. The van der Waals surface area contributed by atoms with Crippen molar-refractivity contribution >= 4 is 11.6 Å². The minimum Gasteiger partial charge on any atom is -0.387 e. The van der Waals surface area contributed by atoms with Crippen molar-refractivity contribution in [2.45, 2.75) is 19.4 Å². The number of ether oxygens (including phenoxy) is 1. The van der Waals surface area contributed by atoms with Crippen molar-refractivity contribution < 1.29 is 14.6 Å². The fourth-order valence-electron chi connectivity index (χ4n) is 2.37. The molecule has 0 saturated carbocycles. The number of benzene rings is 1. The Hall–Kier alpha value is -1.59. The predicted octanol–water partition coefficient (Wildman–Crippen LogP) is 0.865. The molecule has 1 atom stereocenters. The number of aliphatic hydroxyl groups excluding tert-OH is 1. The molecule has 20 heavy (non-hydrogen) atoms. The lowest BCUT2D eigenvalue weighted by atomic mass is 10.0. The molecular weight excluding hydrogens is 256 g/mol. The first-order valence-corrected chi connectivity index (χ1v) is 6.98. The summed E-state index contributed by atoms with van der Waals surface area (Å²) in [6.45, 7) is 3.61. The van der Waals surface area contributed by atoms with Crippen LogP contribution in [0.25, 0.3) is 0 Å². The standard InChI is InChI=1S/C15H22N2O3/c1-3-20-10-15(19)16-9-14(18)12-4-5-13-11(8-12)6-7-17(13)2/h4-5,8,14,18H,3,6-7,9-10H2,1-2H3,(H,16,19)/t14-/m1/s1. The van der Waals surface area contributed by atoms with E-state index in [1.807, 2.05) is 25.1 Å². The van der Waals surface area contributed by atoms with E-state index < -0.39 is 6.10 Å². The molecule has 0 aromatic heterocycles. The maximum atomic E-state index is 11.4. The summed E-state index contributed by atoms with van der Waals surface area (Å²) in [6.07, 6.45) is 0.320. The molecule has 0 saturated heterocycles. The zero-order chi connectivity index (χ0) is 14.5. The zero-order valence-corrected chi connectivity index (χ0v) is 12.1. The lowest BCUT2D eigenvalue weighted by molar-refractivity contribution is -0.126. The second-order valence-electron chi connectivity index (χ2n) is 5.02. The van der Waals surface area contributed by atoms with Crippen molar-refractivity contribution in [3.63, 3.8) is 0 Å². The normalized spacial score (nSPS) is 15.1. The predicted molar refractivity (Wildman–Crippen MR) is 77.9 cm³/mol. The molecule has 110 valence electrons. The maximum absolute atomic E-state index is 11.4. The van der Waals surface area contributed by atoms with Gasteiger partial charge in [0.1, 0.15) is 6.61 Å². The summed E-state index contributed by atoms with van der Waals surface area (Å²) < 4.78 is 5.01. The maximum Gasteiger partial charge on any atom is 0.246 e. The Balaban J connectivity index is 1.90. The number of hydrogen-bond acceptors (Lipinski definition) is 4. The topological polar surface area (TPSA) is 61.8 Å². The summed E-state index contributed by atoms with van der Waals surface area (Å²) in [5.74, 6) is -0.202. The molecule has 0 radical (unpaired) electrons. The number of fused-ring (bicyclic) bond motifs is 1. The van der Waals surface area contributed by atoms with Crippen LogP contribution in [0.1, 0.15) is 24.2 Å². The Morgan fingerprint density at radius 3 is 3.10 bits per heavy atom. The molecule has 5 heteroatoms. The summed E-state index contributed by atoms with van der Waals surface area (Å²) in [5, 5.41) is 12.8. The molecule has 0 bridgehead atoms. The van der Waals surface area contributed by atoms with E-state index in [4.69, 9.17) is 4.74 Å². The number of rotatable bonds is 6. The van der Waals surface area contributed by atoms with Gasteiger partial charge in [-0.1, -0.05) is 12.1 Å². The van der Waals surface area contributed by atoms with Gasteiger partial charge in [-0.3, -0.25) is 4.79 Å². The van der Waals surface area contributed by atoms with Crippen molar-refractivity contribution in [2.24, 2.45) is 0 Å². The fraction of sp³-hybridized carbons (Fsp3) is 0.533. The number of likely N-dealkylation sites (N-methyl/N-ethyl adjacent to an activating group) is 1. The molecule has 1 aromatic carbocycles. The molecule has 0 unspecified atom stereocenters. The summed E-state index contributed by atoms with van der Waals surface area (Å²) in [4.78, 5) is 13.6. The fourth-order valence-corrected chi connectivity index (χ4v) is 2.37. The third kappa shape index (κ3) is 3.49. The largest absolute Gasteiger partial charge is 0.387 e. The molecule has 1 aromatic rings. The summed E-state index contributed by atoms with van der Waals surface area (Å²) in [5.41, 5.74) is 3.32. The molecule has 0 aliphatic carbocycles. The number of hydrogen-bond donors (Lipinski definition) is 2. The molecular formula is C15H22N2O3. The number of nitrogens with zero attached hydrogens (tertiary/aromatic N) is 1. The van der Waals surface area contributed by atoms with Crippen molar-refractivity contribution in [3.8, 4) is 0 Å². The van der Waals surface area contributed by atoms with E-state index in [0.29, 0.717) is 6.61 Å². The van der Waals surface area contributed by atoms with Crippen LogP contribution in [-0.2, 0) is 16.0 Å². The van der Waals surface area contributed by atoms with E-state index in [9.17, 15) is 9.90 Å². The Kier molecular flexibility index (Phi) is 4.98. The molecule has 1 heterocycles. The summed E-state index contributed by atoms with van der Waals surface area (Å²) in [6, 6.07) is 5.97. The first-order valence-electron chi connectivity index (χ1n) is 6.98. The van der Waals surface area contributed by atoms with Gasteiger partial charge in [-0.25, -0.2) is 0 Å². The number of anilines is 1. The van der Waals surface area contributed by atoms with Crippen LogP contribution in [0.3, 0.4) is 0 Å². The van der Waals surface area contributed by atoms with Crippen LogP contribution in [0.4, 0.5) is 5.69 Å². The average molecular weight is 278 g/mol. The lowest BCUT2D eigenvalue weighted by Crippen LogP contribution is -2.31. The van der Waals surface area contributed by atoms with Crippen LogP contribution in [0.5, 0.6) is 0 Å². The highest BCUT2D eigenvalue weighted by molar-refractivity contribution is 5.77. The highest BCUT2D eigenvalue weighted by Crippen LogP contribution is 2.29. The second-order valence-corrected chi connectivity index (χ2v) is 5.02. The van der Waals surface area contributed by atoms with Crippen molar-refractivity contribution in [2.75, 3.05) is 38.3 Å². The van der Waals surface area contributed by atoms with Gasteiger partial charge in [0.25, 0.3) is 0 Å². The van der Waals surface area contributed by atoms with Crippen molar-refractivity contribution in [1.29, 1.82) is 0 Å². The van der Waals surface area contributed by atoms with Crippen LogP contribution in [-0.4, -0.2) is 44.4 Å². The average Bonchev–Trinajstić information content (AvgIpc) is 2.83. The molecule has 2 rings (SSSR count). The third-order valence-electron chi connectivity index (χ3n) is 3.55. The van der Waals surface area contributed by atoms with Gasteiger partial charge in [0.2, 0.25) is 5.91 Å². The van der Waals surface area contributed by atoms with Crippen LogP contribution < -0.4 is 10.2 Å². The highest BCUT2D eigenvalue weighted by Gasteiger charge is 2.18. The number of aliphatic hydroxyl groups is 1. The van der Waals surface area contributed by atoms with Crippen LogP contribution in [0, 0.1) is 0 Å². The first-order chi connectivity index (χ1) is 9.61. The molecule has 2 N–H and O–H groups in total. The van der Waals surface area contributed by atoms with Crippen LogP contribution in [0.2, 0.25) is 0 Å². The molecule has 0 fully saturated rings. The van der Waals surface area contributed by atoms with Gasteiger partial charge in [-0.2, -0.15) is 0 Å². The van der Waals surface area contributed by atoms with Gasteiger partial charge >= 0.3 is 0 Å². The Bertz CT molecular complexity index is 476. The van der Waals surface area contributed by atoms with Gasteiger partial charge in [-0.15, -0.1) is 0 Å². The van der Waals surface area contributed by atoms with Gasteiger partial charge in [0.15, 0.2) is 0 Å². The van der Waals surface area contributed by atoms with E-state index >= 15 is 0 Å². The quantitative estimate of drug-likeness (QED) is 0.810. The molecule has 1 amide bonds. The number of carbonyl (C=O) groups excluding carboxylic acids is 1. The minimum atomic E-state index is -0.684. The van der Waals surface area contributed by atoms with Crippen LogP contribution >= 0.6 is 0 Å². The molecule has 0 spiro atoms. The van der Waals surface area contributed by atoms with E-state index in [1.165, 1.54) is 11.3 Å². The lowest BCUT2D eigenvalue weighted by Gasteiger charge is -2.15. The minimum absolute atomic E-state index is 0.0399. The van der Waals surface area contributed by atoms with Gasteiger partial charge < -0.3 is 20.1 Å². The Morgan fingerprint density at radius 2 is 2.35 bits per heavy atom. The molecule has 5 nitrogen and oxygen atoms in total. The van der Waals surface area contributed by atoms with Crippen molar-refractivity contribution in [3.05, 3.63) is 29.3 Å².